The summed E-state index contributed by atoms with van der Waals surface area (Å²) in [5.41, 5.74) is 0.886. The van der Waals surface area contributed by atoms with E-state index in [1.54, 1.807) is 12.1 Å². The van der Waals surface area contributed by atoms with Crippen molar-refractivity contribution in [3.8, 4) is 0 Å². The highest BCUT2D eigenvalue weighted by Gasteiger charge is 2.32. The number of anilines is 1. The highest BCUT2D eigenvalue weighted by atomic mass is 35.5. The Morgan fingerprint density at radius 2 is 2.31 bits per heavy atom. The second-order valence-corrected chi connectivity index (χ2v) is 4.79. The number of hydrogen-bond donors (Lipinski definition) is 2. The Bertz CT molecular complexity index is 419. The van der Waals surface area contributed by atoms with Crippen LogP contribution in [0.4, 0.5) is 5.69 Å². The van der Waals surface area contributed by atoms with Crippen LogP contribution in [0.3, 0.4) is 0 Å². The summed E-state index contributed by atoms with van der Waals surface area (Å²) in [7, 11) is 0. The van der Waals surface area contributed by atoms with Crippen LogP contribution in [-0.4, -0.2) is 17.6 Å². The average molecular weight is 240 g/mol. The van der Waals surface area contributed by atoms with E-state index >= 15 is 0 Å². The molecule has 1 aromatic rings. The summed E-state index contributed by atoms with van der Waals surface area (Å²) in [5.74, 6) is 0.485. The van der Waals surface area contributed by atoms with Crippen molar-refractivity contribution >= 4 is 23.3 Å². The van der Waals surface area contributed by atoms with Crippen molar-refractivity contribution in [3.05, 3.63) is 28.8 Å². The zero-order chi connectivity index (χ0) is 11.7. The molecule has 3 nitrogen and oxygen atoms in total. The lowest BCUT2D eigenvalue weighted by Crippen LogP contribution is -2.09. The average Bonchev–Trinajstić information content (AvgIpc) is 2.92. The number of nitrogens with one attached hydrogen (secondary N) is 1. The lowest BCUT2D eigenvalue weighted by atomic mass is 10.1. The molecule has 2 rings (SSSR count). The molecule has 0 bridgehead atoms. The molecule has 0 radical (unpaired) electrons. The molecule has 0 spiro atoms. The van der Waals surface area contributed by atoms with E-state index in [0.29, 0.717) is 16.6 Å². The van der Waals surface area contributed by atoms with Gasteiger partial charge >= 0.3 is 5.97 Å². The molecular formula is C12H14ClNO2. The van der Waals surface area contributed by atoms with E-state index in [-0.39, 0.29) is 5.56 Å². The topological polar surface area (TPSA) is 49.3 Å². The van der Waals surface area contributed by atoms with Crippen molar-refractivity contribution < 1.29 is 9.90 Å². The Morgan fingerprint density at radius 1 is 1.62 bits per heavy atom. The molecule has 0 amide bonds. The fraction of sp³-hybridized carbons (Fsp3) is 0.417. The molecule has 2 atom stereocenters. The largest absolute Gasteiger partial charge is 0.478 e. The van der Waals surface area contributed by atoms with Gasteiger partial charge in [0.05, 0.1) is 5.56 Å². The van der Waals surface area contributed by atoms with Crippen LogP contribution >= 0.6 is 11.6 Å². The first-order chi connectivity index (χ1) is 7.58. The molecule has 1 saturated carbocycles. The van der Waals surface area contributed by atoms with Gasteiger partial charge in [0.2, 0.25) is 0 Å². The highest BCUT2D eigenvalue weighted by molar-refractivity contribution is 6.31. The standard InChI is InChI=1S/C12H14ClNO2/c1-7-4-8(7)6-14-11-3-2-9(13)5-10(11)12(15)16/h2-3,5,7-8,14H,4,6H2,1H3,(H,15,16). The van der Waals surface area contributed by atoms with E-state index in [1.165, 1.54) is 12.5 Å². The van der Waals surface area contributed by atoms with Gasteiger partial charge in [-0.25, -0.2) is 4.79 Å². The first kappa shape index (κ1) is 11.3. The van der Waals surface area contributed by atoms with Crippen LogP contribution in [0, 0.1) is 11.8 Å². The first-order valence-electron chi connectivity index (χ1n) is 5.34. The zero-order valence-electron chi connectivity index (χ0n) is 9.03. The molecule has 0 aromatic heterocycles. The van der Waals surface area contributed by atoms with E-state index in [4.69, 9.17) is 16.7 Å². The van der Waals surface area contributed by atoms with Crippen LogP contribution in [0.1, 0.15) is 23.7 Å². The maximum atomic E-state index is 11.0. The molecule has 16 heavy (non-hydrogen) atoms. The second-order valence-electron chi connectivity index (χ2n) is 4.35. The number of aromatic carboxylic acids is 1. The predicted octanol–water partition coefficient (Wildman–Crippen LogP) is 3.11. The monoisotopic (exact) mass is 239 g/mol. The Balaban J connectivity index is 2.09. The Morgan fingerprint density at radius 3 is 2.88 bits per heavy atom. The number of rotatable bonds is 4. The smallest absolute Gasteiger partial charge is 0.337 e. The van der Waals surface area contributed by atoms with Gasteiger partial charge in [0.25, 0.3) is 0 Å². The summed E-state index contributed by atoms with van der Waals surface area (Å²) in [4.78, 5) is 11.0. The Kier molecular flexibility index (Phi) is 3.06. The van der Waals surface area contributed by atoms with Gasteiger partial charge in [0, 0.05) is 17.3 Å². The van der Waals surface area contributed by atoms with Crippen molar-refractivity contribution in [1.82, 2.24) is 0 Å². The minimum absolute atomic E-state index is 0.237. The van der Waals surface area contributed by atoms with Gasteiger partial charge in [0.1, 0.15) is 0 Å². The summed E-state index contributed by atoms with van der Waals surface area (Å²) < 4.78 is 0. The normalized spacial score (nSPS) is 22.9. The zero-order valence-corrected chi connectivity index (χ0v) is 9.79. The molecule has 1 fully saturated rings. The van der Waals surface area contributed by atoms with Crippen molar-refractivity contribution in [2.24, 2.45) is 11.8 Å². The van der Waals surface area contributed by atoms with Gasteiger partial charge in [-0.3, -0.25) is 0 Å². The predicted molar refractivity (Wildman–Crippen MR) is 64.2 cm³/mol. The lowest BCUT2D eigenvalue weighted by Gasteiger charge is -2.09. The number of halogens is 1. The summed E-state index contributed by atoms with van der Waals surface area (Å²) in [6, 6.07) is 4.90. The quantitative estimate of drug-likeness (QED) is 0.849. The Labute approximate surface area is 99.4 Å². The van der Waals surface area contributed by atoms with Gasteiger partial charge in [-0.2, -0.15) is 0 Å². The number of carboxylic acid groups (broad SMARTS) is 1. The van der Waals surface area contributed by atoms with Gasteiger partial charge in [-0.05, 0) is 36.5 Å². The SMILES string of the molecule is CC1CC1CNc1ccc(Cl)cc1C(=O)O. The van der Waals surface area contributed by atoms with Crippen LogP contribution in [0.5, 0.6) is 0 Å². The molecule has 0 aliphatic heterocycles. The minimum Gasteiger partial charge on any atom is -0.478 e. The molecule has 86 valence electrons. The molecule has 2 unspecified atom stereocenters. The van der Waals surface area contributed by atoms with E-state index in [1.807, 2.05) is 0 Å². The van der Waals surface area contributed by atoms with E-state index in [2.05, 4.69) is 12.2 Å². The molecule has 0 heterocycles. The fourth-order valence-corrected chi connectivity index (χ4v) is 1.94. The number of carboxylic acids is 1. The summed E-state index contributed by atoms with van der Waals surface area (Å²) in [6.45, 7) is 3.04. The van der Waals surface area contributed by atoms with Crippen LogP contribution in [0.25, 0.3) is 0 Å². The molecule has 1 aliphatic rings. The Hall–Kier alpha value is -1.22. The van der Waals surface area contributed by atoms with E-state index < -0.39 is 5.97 Å². The van der Waals surface area contributed by atoms with Crippen molar-refractivity contribution in [2.75, 3.05) is 11.9 Å². The van der Waals surface area contributed by atoms with Gasteiger partial charge in [-0.15, -0.1) is 0 Å². The fourth-order valence-electron chi connectivity index (χ4n) is 1.77. The van der Waals surface area contributed by atoms with Crippen LogP contribution in [-0.2, 0) is 0 Å². The second kappa shape index (κ2) is 4.34. The van der Waals surface area contributed by atoms with Crippen molar-refractivity contribution in [2.45, 2.75) is 13.3 Å². The number of benzene rings is 1. The van der Waals surface area contributed by atoms with E-state index in [9.17, 15) is 4.79 Å². The molecule has 4 heteroatoms. The molecule has 0 saturated heterocycles. The third-order valence-electron chi connectivity index (χ3n) is 3.04. The van der Waals surface area contributed by atoms with Gasteiger partial charge in [0.15, 0.2) is 0 Å². The number of hydrogen-bond acceptors (Lipinski definition) is 2. The summed E-state index contributed by atoms with van der Waals surface area (Å²) >= 11 is 5.77. The number of carbonyl (C=O) groups is 1. The summed E-state index contributed by atoms with van der Waals surface area (Å²) in [6.07, 6.45) is 1.23. The highest BCUT2D eigenvalue weighted by Crippen LogP contribution is 2.37. The van der Waals surface area contributed by atoms with Crippen molar-refractivity contribution in [3.63, 3.8) is 0 Å². The maximum absolute atomic E-state index is 11.0. The lowest BCUT2D eigenvalue weighted by molar-refractivity contribution is 0.0698. The first-order valence-corrected chi connectivity index (χ1v) is 5.72. The minimum atomic E-state index is -0.950. The van der Waals surface area contributed by atoms with Crippen LogP contribution in [0.2, 0.25) is 5.02 Å². The van der Waals surface area contributed by atoms with Crippen molar-refractivity contribution in [1.29, 1.82) is 0 Å². The maximum Gasteiger partial charge on any atom is 0.337 e. The van der Waals surface area contributed by atoms with E-state index in [0.717, 1.165) is 12.5 Å². The molecule has 2 N–H and O–H groups in total. The molecular weight excluding hydrogens is 226 g/mol. The van der Waals surface area contributed by atoms with Crippen LogP contribution < -0.4 is 5.32 Å². The molecule has 1 aromatic carbocycles. The third kappa shape index (κ3) is 2.47. The third-order valence-corrected chi connectivity index (χ3v) is 3.28. The van der Waals surface area contributed by atoms with Crippen LogP contribution in [0.15, 0.2) is 18.2 Å². The summed E-state index contributed by atoms with van der Waals surface area (Å²) in [5, 5.41) is 12.6. The van der Waals surface area contributed by atoms with Gasteiger partial charge in [-0.1, -0.05) is 18.5 Å². The van der Waals surface area contributed by atoms with Gasteiger partial charge < -0.3 is 10.4 Å². The molecule has 1 aliphatic carbocycles.